The molecule has 0 unspecified atom stereocenters. The Morgan fingerprint density at radius 2 is 1.79 bits per heavy atom. The summed E-state index contributed by atoms with van der Waals surface area (Å²) in [6.07, 6.45) is 2.83. The maximum absolute atomic E-state index is 12.3. The zero-order valence-corrected chi connectivity index (χ0v) is 15.1. The van der Waals surface area contributed by atoms with Crippen molar-refractivity contribution in [1.82, 2.24) is 5.32 Å². The summed E-state index contributed by atoms with van der Waals surface area (Å²) in [6, 6.07) is 8.78. The minimum Gasteiger partial charge on any atom is -0.459 e. The van der Waals surface area contributed by atoms with E-state index >= 15 is 0 Å². The van der Waals surface area contributed by atoms with Crippen molar-refractivity contribution < 1.29 is 19.1 Å². The van der Waals surface area contributed by atoms with E-state index in [4.69, 9.17) is 9.47 Å². The van der Waals surface area contributed by atoms with Crippen LogP contribution in [0.2, 0.25) is 0 Å². The number of hydrogen-bond donors (Lipinski definition) is 1. The van der Waals surface area contributed by atoms with Crippen molar-refractivity contribution in [2.75, 3.05) is 0 Å². The SMILES string of the molecule is CCCCC[C@H](NC(=O)OC(C)(C)C)C(=O)OCc1ccccc1. The van der Waals surface area contributed by atoms with Gasteiger partial charge in [0, 0.05) is 0 Å². The smallest absolute Gasteiger partial charge is 0.408 e. The number of unbranched alkanes of at least 4 members (excludes halogenated alkanes) is 2. The van der Waals surface area contributed by atoms with Crippen LogP contribution in [0.1, 0.15) is 58.9 Å². The number of hydrogen-bond acceptors (Lipinski definition) is 4. The van der Waals surface area contributed by atoms with Crippen LogP contribution in [-0.2, 0) is 20.9 Å². The molecule has 24 heavy (non-hydrogen) atoms. The van der Waals surface area contributed by atoms with Gasteiger partial charge in [-0.05, 0) is 32.8 Å². The van der Waals surface area contributed by atoms with Crippen LogP contribution in [0.4, 0.5) is 4.79 Å². The number of rotatable bonds is 8. The summed E-state index contributed by atoms with van der Waals surface area (Å²) in [7, 11) is 0. The van der Waals surface area contributed by atoms with Gasteiger partial charge in [0.25, 0.3) is 0 Å². The average Bonchev–Trinajstić information content (AvgIpc) is 2.51. The topological polar surface area (TPSA) is 64.6 Å². The molecule has 134 valence electrons. The number of ether oxygens (including phenoxy) is 2. The minimum atomic E-state index is -0.685. The Labute approximate surface area is 144 Å². The molecule has 0 aliphatic rings. The molecule has 0 aliphatic heterocycles. The van der Waals surface area contributed by atoms with Gasteiger partial charge in [-0.1, -0.05) is 56.5 Å². The highest BCUT2D eigenvalue weighted by molar-refractivity contribution is 5.81. The first kappa shape index (κ1) is 20.0. The van der Waals surface area contributed by atoms with Crippen molar-refractivity contribution >= 4 is 12.1 Å². The van der Waals surface area contributed by atoms with Gasteiger partial charge >= 0.3 is 12.1 Å². The molecule has 1 atom stereocenters. The van der Waals surface area contributed by atoms with Gasteiger partial charge in [0.1, 0.15) is 18.2 Å². The van der Waals surface area contributed by atoms with Crippen LogP contribution in [-0.4, -0.2) is 23.7 Å². The highest BCUT2D eigenvalue weighted by Crippen LogP contribution is 2.10. The number of esters is 1. The van der Waals surface area contributed by atoms with Gasteiger partial charge in [-0.15, -0.1) is 0 Å². The summed E-state index contributed by atoms with van der Waals surface area (Å²) >= 11 is 0. The lowest BCUT2D eigenvalue weighted by molar-refractivity contribution is -0.147. The van der Waals surface area contributed by atoms with E-state index in [1.165, 1.54) is 0 Å². The van der Waals surface area contributed by atoms with E-state index < -0.39 is 23.7 Å². The fourth-order valence-electron chi connectivity index (χ4n) is 2.13. The van der Waals surface area contributed by atoms with Gasteiger partial charge in [0.05, 0.1) is 0 Å². The Morgan fingerprint density at radius 1 is 1.12 bits per heavy atom. The quantitative estimate of drug-likeness (QED) is 0.571. The molecule has 5 heteroatoms. The third-order valence-electron chi connectivity index (χ3n) is 3.30. The summed E-state index contributed by atoms with van der Waals surface area (Å²) < 4.78 is 10.6. The van der Waals surface area contributed by atoms with Crippen molar-refractivity contribution in [2.24, 2.45) is 0 Å². The molecule has 0 aliphatic carbocycles. The summed E-state index contributed by atoms with van der Waals surface area (Å²) in [4.78, 5) is 24.3. The van der Waals surface area contributed by atoms with Crippen molar-refractivity contribution in [3.8, 4) is 0 Å². The van der Waals surface area contributed by atoms with Crippen molar-refractivity contribution in [3.05, 3.63) is 35.9 Å². The molecule has 0 heterocycles. The normalized spacial score (nSPS) is 12.3. The molecular formula is C19H29NO4. The van der Waals surface area contributed by atoms with E-state index in [9.17, 15) is 9.59 Å². The van der Waals surface area contributed by atoms with E-state index in [1.54, 1.807) is 20.8 Å². The van der Waals surface area contributed by atoms with Crippen LogP contribution in [0, 0.1) is 0 Å². The highest BCUT2D eigenvalue weighted by Gasteiger charge is 2.25. The maximum Gasteiger partial charge on any atom is 0.408 e. The van der Waals surface area contributed by atoms with Gasteiger partial charge < -0.3 is 14.8 Å². The number of benzene rings is 1. The number of nitrogens with one attached hydrogen (secondary N) is 1. The lowest BCUT2D eigenvalue weighted by Crippen LogP contribution is -2.44. The molecule has 0 saturated carbocycles. The lowest BCUT2D eigenvalue weighted by Gasteiger charge is -2.23. The molecule has 0 spiro atoms. The molecule has 0 aromatic heterocycles. The first-order valence-corrected chi connectivity index (χ1v) is 8.52. The molecule has 1 rings (SSSR count). The van der Waals surface area contributed by atoms with Gasteiger partial charge in [0.2, 0.25) is 0 Å². The average molecular weight is 335 g/mol. The minimum absolute atomic E-state index is 0.194. The van der Waals surface area contributed by atoms with Crippen molar-refractivity contribution in [2.45, 2.75) is 71.6 Å². The van der Waals surface area contributed by atoms with Crippen LogP contribution in [0.5, 0.6) is 0 Å². The summed E-state index contributed by atoms with van der Waals surface area (Å²) in [5.74, 6) is -0.430. The molecule has 0 fully saturated rings. The molecule has 1 amide bonds. The standard InChI is InChI=1S/C19H29NO4/c1-5-6-8-13-16(20-18(22)24-19(2,3)4)17(21)23-14-15-11-9-7-10-12-15/h7,9-12,16H,5-6,8,13-14H2,1-4H3,(H,20,22)/t16-/m0/s1. The Morgan fingerprint density at radius 3 is 2.38 bits per heavy atom. The van der Waals surface area contributed by atoms with Crippen LogP contribution in [0.15, 0.2) is 30.3 Å². The predicted molar refractivity (Wildman–Crippen MR) is 93.5 cm³/mol. The van der Waals surface area contributed by atoms with E-state index in [0.29, 0.717) is 6.42 Å². The maximum atomic E-state index is 12.3. The number of carbonyl (C=O) groups excluding carboxylic acids is 2. The van der Waals surface area contributed by atoms with Gasteiger partial charge in [-0.2, -0.15) is 0 Å². The summed E-state index contributed by atoms with van der Waals surface area (Å²) in [5.41, 5.74) is 0.307. The second-order valence-electron chi connectivity index (χ2n) is 6.79. The van der Waals surface area contributed by atoms with E-state index in [-0.39, 0.29) is 6.61 Å². The second-order valence-corrected chi connectivity index (χ2v) is 6.79. The Hall–Kier alpha value is -2.04. The Kier molecular flexibility index (Phi) is 8.30. The van der Waals surface area contributed by atoms with E-state index in [2.05, 4.69) is 12.2 Å². The first-order valence-electron chi connectivity index (χ1n) is 8.52. The molecule has 0 radical (unpaired) electrons. The fourth-order valence-corrected chi connectivity index (χ4v) is 2.13. The molecule has 1 aromatic carbocycles. The third-order valence-corrected chi connectivity index (χ3v) is 3.30. The molecule has 5 nitrogen and oxygen atoms in total. The van der Waals surface area contributed by atoms with E-state index in [1.807, 2.05) is 30.3 Å². The first-order chi connectivity index (χ1) is 11.3. The number of carbonyl (C=O) groups is 2. The number of alkyl carbamates (subject to hydrolysis) is 1. The van der Waals surface area contributed by atoms with Crippen LogP contribution < -0.4 is 5.32 Å². The Bertz CT molecular complexity index is 508. The van der Waals surface area contributed by atoms with E-state index in [0.717, 1.165) is 24.8 Å². The van der Waals surface area contributed by atoms with Crippen molar-refractivity contribution in [1.29, 1.82) is 0 Å². The molecule has 1 aromatic rings. The predicted octanol–water partition coefficient (Wildman–Crippen LogP) is 4.20. The van der Waals surface area contributed by atoms with Gasteiger partial charge in [-0.3, -0.25) is 0 Å². The number of amides is 1. The molecular weight excluding hydrogens is 306 g/mol. The second kappa shape index (κ2) is 9.96. The van der Waals surface area contributed by atoms with Gasteiger partial charge in [-0.25, -0.2) is 9.59 Å². The van der Waals surface area contributed by atoms with Crippen LogP contribution in [0.25, 0.3) is 0 Å². The van der Waals surface area contributed by atoms with Gasteiger partial charge in [0.15, 0.2) is 0 Å². The molecule has 0 saturated heterocycles. The fraction of sp³-hybridized carbons (Fsp3) is 0.579. The van der Waals surface area contributed by atoms with Crippen LogP contribution >= 0.6 is 0 Å². The zero-order chi connectivity index (χ0) is 18.0. The monoisotopic (exact) mass is 335 g/mol. The summed E-state index contributed by atoms with van der Waals surface area (Å²) in [5, 5.41) is 2.63. The Balaban J connectivity index is 2.58. The summed E-state index contributed by atoms with van der Waals surface area (Å²) in [6.45, 7) is 7.63. The molecule has 0 bridgehead atoms. The largest absolute Gasteiger partial charge is 0.459 e. The zero-order valence-electron chi connectivity index (χ0n) is 15.1. The lowest BCUT2D eigenvalue weighted by atomic mass is 10.1. The third kappa shape index (κ3) is 8.56. The van der Waals surface area contributed by atoms with Crippen LogP contribution in [0.3, 0.4) is 0 Å². The van der Waals surface area contributed by atoms with Crippen molar-refractivity contribution in [3.63, 3.8) is 0 Å². The highest BCUT2D eigenvalue weighted by atomic mass is 16.6. The molecule has 1 N–H and O–H groups in total.